The summed E-state index contributed by atoms with van der Waals surface area (Å²) >= 11 is 0. The van der Waals surface area contributed by atoms with E-state index in [0.717, 1.165) is 31.4 Å². The number of para-hydroxylation sites is 1. The lowest BCUT2D eigenvalue weighted by Crippen LogP contribution is -2.60. The van der Waals surface area contributed by atoms with Crippen LogP contribution in [0.15, 0.2) is 255 Å². The highest BCUT2D eigenvalue weighted by atomic mass is 15.1. The summed E-state index contributed by atoms with van der Waals surface area (Å²) in [5.41, 5.74) is 31.5. The van der Waals surface area contributed by atoms with Crippen molar-refractivity contribution in [1.82, 2.24) is 9.55 Å². The lowest BCUT2D eigenvalue weighted by molar-refractivity contribution is -0.708. The Morgan fingerprint density at radius 1 is 0.467 bits per heavy atom. The molecule has 11 aromatic carbocycles. The number of fused-ring (bicyclic) bond motifs is 15. The van der Waals surface area contributed by atoms with Gasteiger partial charge in [-0.2, -0.15) is 4.57 Å². The van der Waals surface area contributed by atoms with Gasteiger partial charge in [-0.3, -0.25) is 4.98 Å². The second-order valence-corrected chi connectivity index (χ2v) is 28.5. The van der Waals surface area contributed by atoms with E-state index < -0.39 is 0 Å². The highest BCUT2D eigenvalue weighted by molar-refractivity contribution is 6.14. The maximum atomic E-state index is 5.48. The maximum Gasteiger partial charge on any atom is 0.221 e. The van der Waals surface area contributed by atoms with Crippen LogP contribution in [0.4, 0.5) is 0 Å². The van der Waals surface area contributed by atoms with E-state index in [0.29, 0.717) is 17.8 Å². The third-order valence-electron chi connectivity index (χ3n) is 23.7. The third kappa shape index (κ3) is 7.28. The number of hydrogen-bond donors (Lipinski definition) is 0. The fraction of sp³-hybridized carbons (Fsp3) is 0.191. The van der Waals surface area contributed by atoms with E-state index >= 15 is 0 Å². The van der Waals surface area contributed by atoms with Crippen LogP contribution in [-0.2, 0) is 22.7 Å². The molecule has 1 saturated carbocycles. The molecule has 0 spiro atoms. The van der Waals surface area contributed by atoms with Gasteiger partial charge >= 0.3 is 0 Å². The number of rotatable bonds is 8. The van der Waals surface area contributed by atoms with Gasteiger partial charge in [-0.25, -0.2) is 0 Å². The highest BCUT2D eigenvalue weighted by Gasteiger charge is 2.62. The number of benzene rings is 11. The molecule has 3 nitrogen and oxygen atoms in total. The van der Waals surface area contributed by atoms with E-state index in [9.17, 15) is 0 Å². The van der Waals surface area contributed by atoms with Gasteiger partial charge in [0.05, 0.1) is 33.4 Å². The average molecular weight is 1180 g/mol. The molecule has 5 unspecified atom stereocenters. The summed E-state index contributed by atoms with van der Waals surface area (Å²) in [5, 5.41) is 7.56. The van der Waals surface area contributed by atoms with Gasteiger partial charge in [0.15, 0.2) is 12.2 Å². The molecular weight excluding hydrogens is 1110 g/mol. The second-order valence-electron chi connectivity index (χ2n) is 28.5. The lowest BCUT2D eigenvalue weighted by Gasteiger charge is -2.57. The van der Waals surface area contributed by atoms with E-state index in [1.165, 1.54) is 160 Å². The molecule has 5 atom stereocenters. The minimum Gasteiger partial charge on any atom is -0.309 e. The molecule has 1 fully saturated rings. The molecule has 0 saturated heterocycles. The van der Waals surface area contributed by atoms with Gasteiger partial charge in [0, 0.05) is 67.6 Å². The molecule has 92 heavy (non-hydrogen) atoms. The van der Waals surface area contributed by atoms with E-state index in [1.54, 1.807) is 0 Å². The standard InChI is InChI=1S/C89H72N3/c1-7-62-52-79(85-67-38-35-58(47-71(67)84-64-26-15-13-24-55(64)42-44-91(84)85)57-33-34-60-49-70-65-27-16-17-29-74(65)87(3,4)77-31-20-28-66(82(70)77)68(60)45-57)89(62,8-2)75-39-36-59(48-73(75)83-63-25-14-12-23-54(63)41-43-90-83)61-50-72-69-46-56(53-21-10-9-11-22-53)37-40-80(69)92-81-32-19-18-30-76(81)88(5,6)78(51-61)86(72)92/h9-48,50-51,62,70,79,85H,7-8,49,52H2,1-6H3/q+1. The smallest absolute Gasteiger partial charge is 0.221 e. The van der Waals surface area contributed by atoms with E-state index in [4.69, 9.17) is 4.98 Å². The molecule has 0 radical (unpaired) electrons. The molecule has 2 aliphatic heterocycles. The Kier molecular flexibility index (Phi) is 11.4. The van der Waals surface area contributed by atoms with Crippen LogP contribution in [0.25, 0.3) is 116 Å². The summed E-state index contributed by atoms with van der Waals surface area (Å²) in [7, 11) is 0. The first-order chi connectivity index (χ1) is 45.0. The molecule has 3 heteroatoms. The van der Waals surface area contributed by atoms with Crippen LogP contribution < -0.4 is 4.57 Å². The predicted molar refractivity (Wildman–Crippen MR) is 381 cm³/mol. The van der Waals surface area contributed by atoms with Crippen molar-refractivity contribution < 1.29 is 4.57 Å². The van der Waals surface area contributed by atoms with Crippen LogP contribution in [-0.4, -0.2) is 9.55 Å². The first kappa shape index (κ1) is 53.8. The van der Waals surface area contributed by atoms with E-state index in [-0.39, 0.29) is 22.3 Å². The van der Waals surface area contributed by atoms with Crippen molar-refractivity contribution in [2.45, 2.75) is 95.4 Å². The van der Waals surface area contributed by atoms with Crippen LogP contribution in [0.5, 0.6) is 0 Å². The predicted octanol–water partition coefficient (Wildman–Crippen LogP) is 22.0. The first-order valence-corrected chi connectivity index (χ1v) is 33.7. The van der Waals surface area contributed by atoms with Crippen molar-refractivity contribution in [1.29, 1.82) is 0 Å². The first-order valence-electron chi connectivity index (χ1n) is 33.7. The van der Waals surface area contributed by atoms with E-state index in [1.807, 2.05) is 6.20 Å². The van der Waals surface area contributed by atoms with Gasteiger partial charge in [0.1, 0.15) is 0 Å². The number of hydrogen-bond acceptors (Lipinski definition) is 1. The zero-order valence-corrected chi connectivity index (χ0v) is 53.2. The average Bonchev–Trinajstić information content (AvgIpc) is 1.58. The molecule has 5 heterocycles. The maximum absolute atomic E-state index is 5.48. The summed E-state index contributed by atoms with van der Waals surface area (Å²) in [6.07, 6.45) is 8.75. The summed E-state index contributed by atoms with van der Waals surface area (Å²) in [4.78, 5) is 5.48. The second kappa shape index (κ2) is 19.5. The molecule has 0 N–H and O–H groups in total. The molecule has 3 aliphatic carbocycles. The van der Waals surface area contributed by atoms with Gasteiger partial charge < -0.3 is 4.57 Å². The Morgan fingerprint density at radius 3 is 1.97 bits per heavy atom. The van der Waals surface area contributed by atoms with Crippen molar-refractivity contribution in [3.8, 4) is 72.7 Å². The lowest BCUT2D eigenvalue weighted by atomic mass is 9.45. The largest absolute Gasteiger partial charge is 0.309 e. The van der Waals surface area contributed by atoms with Crippen LogP contribution in [0.1, 0.15) is 123 Å². The summed E-state index contributed by atoms with van der Waals surface area (Å²) in [6.45, 7) is 14.7. The zero-order chi connectivity index (χ0) is 61.5. The zero-order valence-electron chi connectivity index (χ0n) is 53.2. The molecule has 0 bridgehead atoms. The Bertz CT molecular complexity index is 5480. The SMILES string of the molecule is CCC1CC(C2c3ccc(-c4ccc5c(c4)-c4cccc6c4C(C5)c4ccccc4C6(C)C)cc3-c3c4ccccc4cc[n+]32)C1(CC)c1ccc(-c2cc3c4c(c2)c2cc(-c5ccccc5)ccc2n4-c2ccccc2C3(C)C)cc1-c1nccc2ccccc12. The van der Waals surface area contributed by atoms with Crippen LogP contribution in [0.2, 0.25) is 0 Å². The van der Waals surface area contributed by atoms with Crippen molar-refractivity contribution in [3.63, 3.8) is 0 Å². The molecule has 0 amide bonds. The van der Waals surface area contributed by atoms with Crippen LogP contribution >= 0.6 is 0 Å². The molecule has 442 valence electrons. The summed E-state index contributed by atoms with van der Waals surface area (Å²) in [5.74, 6) is 1.13. The molecule has 19 rings (SSSR count). The topological polar surface area (TPSA) is 21.7 Å². The molecule has 5 aliphatic rings. The summed E-state index contributed by atoms with van der Waals surface area (Å²) in [6, 6.07) is 93.7. The third-order valence-corrected chi connectivity index (χ3v) is 23.7. The Balaban J connectivity index is 0.784. The van der Waals surface area contributed by atoms with Crippen LogP contribution in [0, 0.1) is 11.8 Å². The Morgan fingerprint density at radius 2 is 1.13 bits per heavy atom. The molecule has 14 aromatic rings. The van der Waals surface area contributed by atoms with Gasteiger partial charge in [-0.1, -0.05) is 224 Å². The van der Waals surface area contributed by atoms with Crippen molar-refractivity contribution in [3.05, 3.63) is 305 Å². The summed E-state index contributed by atoms with van der Waals surface area (Å²) < 4.78 is 5.27. The van der Waals surface area contributed by atoms with Gasteiger partial charge in [0.2, 0.25) is 5.69 Å². The van der Waals surface area contributed by atoms with Gasteiger partial charge in [-0.15, -0.1) is 0 Å². The number of pyridine rings is 2. The number of nitrogens with zero attached hydrogens (tertiary/aromatic N) is 3. The Labute approximate surface area is 539 Å². The quantitative estimate of drug-likeness (QED) is 0.139. The Hall–Kier alpha value is -9.96. The van der Waals surface area contributed by atoms with Crippen molar-refractivity contribution >= 4 is 43.4 Å². The number of aromatic nitrogens is 3. The fourth-order valence-corrected chi connectivity index (χ4v) is 19.3. The highest BCUT2D eigenvalue weighted by Crippen LogP contribution is 2.65. The van der Waals surface area contributed by atoms with Gasteiger partial charge in [-0.05, 0) is 186 Å². The molecular formula is C89H72N3+. The molecule has 3 aromatic heterocycles. The normalized spacial score (nSPS) is 19.8. The van der Waals surface area contributed by atoms with Crippen molar-refractivity contribution in [2.75, 3.05) is 0 Å². The minimum absolute atomic E-state index is 0.0713. The van der Waals surface area contributed by atoms with Crippen LogP contribution in [0.3, 0.4) is 0 Å². The van der Waals surface area contributed by atoms with Crippen molar-refractivity contribution in [2.24, 2.45) is 11.8 Å². The van der Waals surface area contributed by atoms with Gasteiger partial charge in [0.25, 0.3) is 0 Å². The van der Waals surface area contributed by atoms with E-state index in [2.05, 4.69) is 300 Å². The minimum atomic E-state index is -0.257. The fourth-order valence-electron chi connectivity index (χ4n) is 19.3. The monoisotopic (exact) mass is 1180 g/mol.